The predicted molar refractivity (Wildman–Crippen MR) is 80.7 cm³/mol. The van der Waals surface area contributed by atoms with E-state index in [4.69, 9.17) is 11.6 Å². The molecule has 96 valence electrons. The third-order valence-electron chi connectivity index (χ3n) is 3.38. The highest BCUT2D eigenvalue weighted by Crippen LogP contribution is 2.34. The molecule has 0 fully saturated rings. The average molecular weight is 271 g/mol. The van der Waals surface area contributed by atoms with E-state index >= 15 is 0 Å². The molecule has 2 aromatic heterocycles. The lowest BCUT2D eigenvalue weighted by molar-refractivity contribution is 1.15. The fraction of sp³-hybridized carbons (Fsp3) is 0.188. The molecule has 3 rings (SSSR count). The smallest absolute Gasteiger partial charge is 0.138 e. The Morgan fingerprint density at radius 3 is 2.63 bits per heavy atom. The lowest BCUT2D eigenvalue weighted by Gasteiger charge is -2.02. The fourth-order valence-corrected chi connectivity index (χ4v) is 2.91. The number of aryl methyl sites for hydroxylation is 2. The molecule has 1 N–H and O–H groups in total. The van der Waals surface area contributed by atoms with Crippen LogP contribution in [0.15, 0.2) is 36.4 Å². The topological polar surface area (TPSA) is 28.7 Å². The first-order chi connectivity index (χ1) is 9.20. The summed E-state index contributed by atoms with van der Waals surface area (Å²) in [4.78, 5) is 7.85. The van der Waals surface area contributed by atoms with E-state index in [1.807, 2.05) is 31.2 Å². The van der Waals surface area contributed by atoms with Gasteiger partial charge in [-0.1, -0.05) is 48.9 Å². The Morgan fingerprint density at radius 2 is 1.95 bits per heavy atom. The largest absolute Gasteiger partial charge is 0.354 e. The Morgan fingerprint density at radius 1 is 1.21 bits per heavy atom. The Hall–Kier alpha value is -1.80. The van der Waals surface area contributed by atoms with E-state index in [1.165, 1.54) is 11.1 Å². The molecule has 0 amide bonds. The van der Waals surface area contributed by atoms with Crippen molar-refractivity contribution >= 4 is 22.5 Å². The van der Waals surface area contributed by atoms with E-state index in [0.29, 0.717) is 5.15 Å². The Bertz CT molecular complexity index is 729. The Kier molecular flexibility index (Phi) is 3.03. The quantitative estimate of drug-likeness (QED) is 0.669. The molecule has 3 aromatic rings. The van der Waals surface area contributed by atoms with Gasteiger partial charge in [-0.25, -0.2) is 4.98 Å². The summed E-state index contributed by atoms with van der Waals surface area (Å²) in [7, 11) is 0. The van der Waals surface area contributed by atoms with Crippen LogP contribution >= 0.6 is 11.6 Å². The van der Waals surface area contributed by atoms with Gasteiger partial charge >= 0.3 is 0 Å². The van der Waals surface area contributed by atoms with Gasteiger partial charge in [0.25, 0.3) is 0 Å². The van der Waals surface area contributed by atoms with Gasteiger partial charge in [0.1, 0.15) is 5.15 Å². The second-order valence-electron chi connectivity index (χ2n) is 4.68. The van der Waals surface area contributed by atoms with Crippen molar-refractivity contribution in [2.45, 2.75) is 20.3 Å². The first kappa shape index (κ1) is 12.2. The van der Waals surface area contributed by atoms with Crippen molar-refractivity contribution in [1.29, 1.82) is 0 Å². The molecule has 0 radical (unpaired) electrons. The maximum absolute atomic E-state index is 6.32. The van der Waals surface area contributed by atoms with Gasteiger partial charge < -0.3 is 4.98 Å². The molecule has 0 aliphatic heterocycles. The summed E-state index contributed by atoms with van der Waals surface area (Å²) in [6.07, 6.45) is 0.925. The van der Waals surface area contributed by atoms with Crippen LogP contribution in [0.3, 0.4) is 0 Å². The zero-order chi connectivity index (χ0) is 13.4. The number of pyridine rings is 1. The summed E-state index contributed by atoms with van der Waals surface area (Å²) >= 11 is 6.32. The molecular weight excluding hydrogens is 256 g/mol. The van der Waals surface area contributed by atoms with Crippen molar-refractivity contribution in [3.05, 3.63) is 52.8 Å². The van der Waals surface area contributed by atoms with Crippen LogP contribution in [0, 0.1) is 6.92 Å². The van der Waals surface area contributed by atoms with Crippen molar-refractivity contribution in [3.8, 4) is 11.3 Å². The molecule has 2 heterocycles. The lowest BCUT2D eigenvalue weighted by Crippen LogP contribution is -1.86. The lowest BCUT2D eigenvalue weighted by atomic mass is 10.0. The fourth-order valence-electron chi connectivity index (χ4n) is 2.56. The summed E-state index contributed by atoms with van der Waals surface area (Å²) in [5, 5.41) is 1.64. The second kappa shape index (κ2) is 4.71. The molecular formula is C16H15ClN2. The van der Waals surface area contributed by atoms with E-state index in [1.54, 1.807) is 0 Å². The predicted octanol–water partition coefficient (Wildman–Crippen LogP) is 4.75. The number of halogens is 1. The van der Waals surface area contributed by atoms with Gasteiger partial charge in [-0.2, -0.15) is 0 Å². The average Bonchev–Trinajstić information content (AvgIpc) is 2.78. The second-order valence-corrected chi connectivity index (χ2v) is 5.03. The molecule has 2 nitrogen and oxygen atoms in total. The molecule has 0 unspecified atom stereocenters. The summed E-state index contributed by atoms with van der Waals surface area (Å²) in [5.41, 5.74) is 5.56. The summed E-state index contributed by atoms with van der Waals surface area (Å²) < 4.78 is 0. The third kappa shape index (κ3) is 2.02. The number of nitrogens with zero attached hydrogens (tertiary/aromatic N) is 1. The molecule has 0 saturated carbocycles. The molecule has 0 saturated heterocycles. The van der Waals surface area contributed by atoms with Crippen LogP contribution in [-0.4, -0.2) is 9.97 Å². The number of H-pyrrole nitrogens is 1. The summed E-state index contributed by atoms with van der Waals surface area (Å²) in [6, 6.07) is 12.4. The van der Waals surface area contributed by atoms with E-state index in [2.05, 4.69) is 29.0 Å². The van der Waals surface area contributed by atoms with Crippen molar-refractivity contribution < 1.29 is 0 Å². The first-order valence-electron chi connectivity index (χ1n) is 6.43. The van der Waals surface area contributed by atoms with Crippen LogP contribution in [0.1, 0.15) is 18.2 Å². The highest BCUT2D eigenvalue weighted by Gasteiger charge is 2.15. The third-order valence-corrected chi connectivity index (χ3v) is 3.66. The van der Waals surface area contributed by atoms with Crippen molar-refractivity contribution in [3.63, 3.8) is 0 Å². The van der Waals surface area contributed by atoms with Gasteiger partial charge in [0.15, 0.2) is 0 Å². The Labute approximate surface area is 117 Å². The molecule has 0 bridgehead atoms. The van der Waals surface area contributed by atoms with Gasteiger partial charge in [0.2, 0.25) is 0 Å². The van der Waals surface area contributed by atoms with E-state index in [9.17, 15) is 0 Å². The number of fused-ring (bicyclic) bond motifs is 1. The van der Waals surface area contributed by atoms with Gasteiger partial charge in [0, 0.05) is 16.8 Å². The van der Waals surface area contributed by atoms with Crippen LogP contribution < -0.4 is 0 Å². The molecule has 0 aliphatic carbocycles. The summed E-state index contributed by atoms with van der Waals surface area (Å²) in [6.45, 7) is 4.10. The van der Waals surface area contributed by atoms with Crippen molar-refractivity contribution in [1.82, 2.24) is 9.97 Å². The number of aromatic amines is 1. The van der Waals surface area contributed by atoms with Gasteiger partial charge in [0.05, 0.1) is 5.52 Å². The standard InChI is InChI=1S/C16H15ClN2/c1-3-12-14-13(9-10(2)18-16(14)17)19-15(12)11-7-5-4-6-8-11/h4-9,19H,3H2,1-2H3. The molecule has 0 atom stereocenters. The van der Waals surface area contributed by atoms with E-state index in [-0.39, 0.29) is 0 Å². The minimum atomic E-state index is 0.588. The van der Waals surface area contributed by atoms with E-state index < -0.39 is 0 Å². The number of hydrogen-bond acceptors (Lipinski definition) is 1. The maximum atomic E-state index is 6.32. The molecule has 3 heteroatoms. The SMILES string of the molecule is CCc1c(-c2ccccc2)[nH]c2cc(C)nc(Cl)c12. The highest BCUT2D eigenvalue weighted by atomic mass is 35.5. The molecule has 19 heavy (non-hydrogen) atoms. The summed E-state index contributed by atoms with van der Waals surface area (Å²) in [5.74, 6) is 0. The number of aromatic nitrogens is 2. The van der Waals surface area contributed by atoms with Crippen molar-refractivity contribution in [2.24, 2.45) is 0 Å². The normalized spacial score (nSPS) is 11.1. The molecule has 0 spiro atoms. The van der Waals surface area contributed by atoms with Crippen LogP contribution in [0.2, 0.25) is 5.15 Å². The monoisotopic (exact) mass is 270 g/mol. The van der Waals surface area contributed by atoms with Gasteiger partial charge in [-0.15, -0.1) is 0 Å². The molecule has 1 aromatic carbocycles. The number of benzene rings is 1. The Balaban J connectivity index is 2.35. The van der Waals surface area contributed by atoms with Crippen LogP contribution in [0.5, 0.6) is 0 Å². The zero-order valence-corrected chi connectivity index (χ0v) is 11.8. The minimum Gasteiger partial charge on any atom is -0.354 e. The first-order valence-corrected chi connectivity index (χ1v) is 6.81. The molecule has 0 aliphatic rings. The van der Waals surface area contributed by atoms with Crippen LogP contribution in [-0.2, 0) is 6.42 Å². The number of nitrogens with one attached hydrogen (secondary N) is 1. The minimum absolute atomic E-state index is 0.588. The zero-order valence-electron chi connectivity index (χ0n) is 11.0. The van der Waals surface area contributed by atoms with E-state index in [0.717, 1.165) is 28.7 Å². The van der Waals surface area contributed by atoms with Gasteiger partial charge in [-0.3, -0.25) is 0 Å². The van der Waals surface area contributed by atoms with Crippen molar-refractivity contribution in [2.75, 3.05) is 0 Å². The highest BCUT2D eigenvalue weighted by molar-refractivity contribution is 6.34. The number of hydrogen-bond donors (Lipinski definition) is 1. The maximum Gasteiger partial charge on any atom is 0.138 e. The number of rotatable bonds is 2. The van der Waals surface area contributed by atoms with Gasteiger partial charge in [-0.05, 0) is 30.5 Å². The van der Waals surface area contributed by atoms with Crippen LogP contribution in [0.25, 0.3) is 22.2 Å². The van der Waals surface area contributed by atoms with Crippen LogP contribution in [0.4, 0.5) is 0 Å².